The third-order valence-electron chi connectivity index (χ3n) is 4.69. The van der Waals surface area contributed by atoms with Gasteiger partial charge in [-0.15, -0.1) is 0 Å². The van der Waals surface area contributed by atoms with E-state index in [2.05, 4.69) is 24.4 Å². The van der Waals surface area contributed by atoms with Gasteiger partial charge in [0.1, 0.15) is 6.54 Å². The van der Waals surface area contributed by atoms with Gasteiger partial charge >= 0.3 is 6.03 Å². The minimum absolute atomic E-state index is 0.0253. The summed E-state index contributed by atoms with van der Waals surface area (Å²) in [5, 5.41) is 3.05. The highest BCUT2D eigenvalue weighted by atomic mass is 16.2. The molecular weight excluding hydrogens is 290 g/mol. The molecule has 1 aliphatic heterocycles. The number of carbonyl (C=O) groups is 2. The summed E-state index contributed by atoms with van der Waals surface area (Å²) in [6, 6.07) is 8.47. The molecule has 0 unspecified atom stereocenters. The molecule has 5 nitrogen and oxygen atoms in total. The zero-order chi connectivity index (χ0) is 16.2. The summed E-state index contributed by atoms with van der Waals surface area (Å²) in [6.07, 6.45) is 4.52. The standard InChI is InChI=1S/C18H25N3O2/c1-14-5-4-6-15(11-14)12-20-9-10-21(18(20)23)13-17(22)19-16-7-2-3-8-16/h4-6,11,16H,2-3,7-10,12-13H2,1H3,(H,19,22). The predicted molar refractivity (Wildman–Crippen MR) is 89.0 cm³/mol. The van der Waals surface area contributed by atoms with Crippen molar-refractivity contribution in [2.45, 2.75) is 45.2 Å². The van der Waals surface area contributed by atoms with E-state index in [1.165, 1.54) is 18.4 Å². The largest absolute Gasteiger partial charge is 0.352 e. The zero-order valence-corrected chi connectivity index (χ0v) is 13.8. The maximum atomic E-state index is 12.4. The maximum absolute atomic E-state index is 12.4. The molecule has 0 spiro atoms. The topological polar surface area (TPSA) is 52.6 Å². The fourth-order valence-corrected chi connectivity index (χ4v) is 3.47. The van der Waals surface area contributed by atoms with Crippen molar-refractivity contribution >= 4 is 11.9 Å². The summed E-state index contributed by atoms with van der Waals surface area (Å²) in [6.45, 7) is 4.15. The Kier molecular flexibility index (Phi) is 4.84. The van der Waals surface area contributed by atoms with Gasteiger partial charge in [0.25, 0.3) is 0 Å². The lowest BCUT2D eigenvalue weighted by Gasteiger charge is -2.19. The number of nitrogens with zero attached hydrogens (tertiary/aromatic N) is 2. The molecule has 2 aliphatic rings. The lowest BCUT2D eigenvalue weighted by atomic mass is 10.1. The van der Waals surface area contributed by atoms with Gasteiger partial charge in [0.05, 0.1) is 0 Å². The van der Waals surface area contributed by atoms with E-state index in [9.17, 15) is 9.59 Å². The van der Waals surface area contributed by atoms with Crippen LogP contribution in [0.25, 0.3) is 0 Å². The summed E-state index contributed by atoms with van der Waals surface area (Å²) in [5.74, 6) is -0.0253. The van der Waals surface area contributed by atoms with Gasteiger partial charge in [-0.25, -0.2) is 4.79 Å². The first-order valence-electron chi connectivity index (χ1n) is 8.50. The summed E-state index contributed by atoms with van der Waals surface area (Å²) in [7, 11) is 0. The van der Waals surface area contributed by atoms with Crippen LogP contribution in [0.3, 0.4) is 0 Å². The van der Waals surface area contributed by atoms with E-state index in [4.69, 9.17) is 0 Å². The van der Waals surface area contributed by atoms with Crippen LogP contribution in [0.2, 0.25) is 0 Å². The van der Waals surface area contributed by atoms with Crippen molar-refractivity contribution in [3.63, 3.8) is 0 Å². The smallest absolute Gasteiger partial charge is 0.320 e. The Morgan fingerprint density at radius 3 is 2.70 bits per heavy atom. The van der Waals surface area contributed by atoms with Crippen LogP contribution in [0.4, 0.5) is 4.79 Å². The number of urea groups is 1. The van der Waals surface area contributed by atoms with Gasteiger partial charge in [-0.1, -0.05) is 42.7 Å². The molecule has 5 heteroatoms. The minimum Gasteiger partial charge on any atom is -0.352 e. The monoisotopic (exact) mass is 315 g/mol. The van der Waals surface area contributed by atoms with Crippen LogP contribution in [0.1, 0.15) is 36.8 Å². The Balaban J connectivity index is 1.51. The number of carbonyl (C=O) groups excluding carboxylic acids is 2. The van der Waals surface area contributed by atoms with E-state index in [0.717, 1.165) is 18.4 Å². The summed E-state index contributed by atoms with van der Waals surface area (Å²) >= 11 is 0. The number of amides is 3. The van der Waals surface area contributed by atoms with Gasteiger partial charge in [0, 0.05) is 25.7 Å². The fourth-order valence-electron chi connectivity index (χ4n) is 3.47. The molecular formula is C18H25N3O2. The number of aryl methyl sites for hydroxylation is 1. The molecule has 1 heterocycles. The second-order valence-electron chi connectivity index (χ2n) is 6.66. The molecule has 1 saturated carbocycles. The second kappa shape index (κ2) is 7.02. The predicted octanol–water partition coefficient (Wildman–Crippen LogP) is 2.29. The van der Waals surface area contributed by atoms with Gasteiger partial charge in [-0.2, -0.15) is 0 Å². The van der Waals surface area contributed by atoms with E-state index in [1.807, 2.05) is 17.0 Å². The van der Waals surface area contributed by atoms with Gasteiger partial charge in [0.2, 0.25) is 5.91 Å². The van der Waals surface area contributed by atoms with Gasteiger partial charge < -0.3 is 15.1 Å². The lowest BCUT2D eigenvalue weighted by Crippen LogP contribution is -2.42. The summed E-state index contributed by atoms with van der Waals surface area (Å²) in [5.41, 5.74) is 2.33. The van der Waals surface area contributed by atoms with Crippen molar-refractivity contribution in [1.82, 2.24) is 15.1 Å². The van der Waals surface area contributed by atoms with E-state index < -0.39 is 0 Å². The fraction of sp³-hybridized carbons (Fsp3) is 0.556. The van der Waals surface area contributed by atoms with E-state index in [1.54, 1.807) is 4.90 Å². The first-order valence-corrected chi connectivity index (χ1v) is 8.50. The maximum Gasteiger partial charge on any atom is 0.320 e. The molecule has 23 heavy (non-hydrogen) atoms. The SMILES string of the molecule is Cc1cccc(CN2CCN(CC(=O)NC3CCCC3)C2=O)c1. The van der Waals surface area contributed by atoms with Crippen molar-refractivity contribution < 1.29 is 9.59 Å². The Morgan fingerprint density at radius 2 is 1.96 bits per heavy atom. The molecule has 1 aromatic rings. The Labute approximate surface area is 137 Å². The van der Waals surface area contributed by atoms with Crippen LogP contribution in [0.5, 0.6) is 0 Å². The van der Waals surface area contributed by atoms with Crippen molar-refractivity contribution in [3.05, 3.63) is 35.4 Å². The molecule has 1 aliphatic carbocycles. The molecule has 0 radical (unpaired) electrons. The molecule has 1 N–H and O–H groups in total. The lowest BCUT2D eigenvalue weighted by molar-refractivity contribution is -0.122. The second-order valence-corrected chi connectivity index (χ2v) is 6.66. The average molecular weight is 315 g/mol. The highest BCUT2D eigenvalue weighted by molar-refractivity contribution is 5.85. The van der Waals surface area contributed by atoms with Crippen LogP contribution in [0.15, 0.2) is 24.3 Å². The van der Waals surface area contributed by atoms with Gasteiger partial charge in [-0.05, 0) is 25.3 Å². The zero-order valence-electron chi connectivity index (χ0n) is 13.8. The molecule has 2 fully saturated rings. The molecule has 1 saturated heterocycles. The Morgan fingerprint density at radius 1 is 1.22 bits per heavy atom. The molecule has 3 amide bonds. The van der Waals surface area contributed by atoms with Crippen LogP contribution < -0.4 is 5.32 Å². The van der Waals surface area contributed by atoms with Crippen molar-refractivity contribution in [2.75, 3.05) is 19.6 Å². The molecule has 1 aromatic carbocycles. The highest BCUT2D eigenvalue weighted by Crippen LogP contribution is 2.18. The van der Waals surface area contributed by atoms with Crippen LogP contribution in [-0.2, 0) is 11.3 Å². The normalized spacial score (nSPS) is 18.7. The van der Waals surface area contributed by atoms with Crippen LogP contribution in [0, 0.1) is 6.92 Å². The van der Waals surface area contributed by atoms with Gasteiger partial charge in [0.15, 0.2) is 0 Å². The molecule has 0 aromatic heterocycles. The number of nitrogens with one attached hydrogen (secondary N) is 1. The number of benzene rings is 1. The summed E-state index contributed by atoms with van der Waals surface area (Å²) in [4.78, 5) is 28.0. The third kappa shape index (κ3) is 4.03. The van der Waals surface area contributed by atoms with Gasteiger partial charge in [-0.3, -0.25) is 4.79 Å². The first kappa shape index (κ1) is 15.8. The van der Waals surface area contributed by atoms with E-state index in [0.29, 0.717) is 25.7 Å². The van der Waals surface area contributed by atoms with Crippen LogP contribution in [-0.4, -0.2) is 47.4 Å². The number of hydrogen-bond acceptors (Lipinski definition) is 2. The summed E-state index contributed by atoms with van der Waals surface area (Å²) < 4.78 is 0. The van der Waals surface area contributed by atoms with E-state index in [-0.39, 0.29) is 18.5 Å². The molecule has 0 atom stereocenters. The third-order valence-corrected chi connectivity index (χ3v) is 4.69. The van der Waals surface area contributed by atoms with Crippen LogP contribution >= 0.6 is 0 Å². The quantitative estimate of drug-likeness (QED) is 0.906. The molecule has 3 rings (SSSR count). The van der Waals surface area contributed by atoms with Crippen molar-refractivity contribution in [3.8, 4) is 0 Å². The van der Waals surface area contributed by atoms with Crippen molar-refractivity contribution in [1.29, 1.82) is 0 Å². The number of hydrogen-bond donors (Lipinski definition) is 1. The first-order chi connectivity index (χ1) is 11.1. The number of rotatable bonds is 5. The molecule has 124 valence electrons. The Bertz CT molecular complexity index is 581. The minimum atomic E-state index is -0.0342. The Hall–Kier alpha value is -2.04. The highest BCUT2D eigenvalue weighted by Gasteiger charge is 2.30. The van der Waals surface area contributed by atoms with E-state index >= 15 is 0 Å². The average Bonchev–Trinajstić information content (AvgIpc) is 3.12. The van der Waals surface area contributed by atoms with Crippen molar-refractivity contribution in [2.24, 2.45) is 0 Å². The molecule has 0 bridgehead atoms.